The third-order valence-electron chi connectivity index (χ3n) is 12.9. The fourth-order valence-corrected chi connectivity index (χ4v) is 8.32. The average Bonchev–Trinajstić information content (AvgIpc) is 3.48. The van der Waals surface area contributed by atoms with Gasteiger partial charge in [0.1, 0.15) is 46.0 Å². The lowest BCUT2D eigenvalue weighted by molar-refractivity contribution is -0.143. The molecule has 0 N–H and O–H groups in total. The van der Waals surface area contributed by atoms with Gasteiger partial charge in [0.2, 0.25) is 0 Å². The average molecular weight is 1120 g/mol. The Kier molecular flexibility index (Phi) is 22.5. The van der Waals surface area contributed by atoms with E-state index in [0.717, 1.165) is 0 Å². The number of rotatable bonds is 24. The zero-order valence-corrected chi connectivity index (χ0v) is 46.4. The lowest BCUT2D eigenvalue weighted by Crippen LogP contribution is -2.19. The number of esters is 8. The molecule has 24 heteroatoms. The largest absolute Gasteiger partial charge is 0.481 e. The Bertz CT molecular complexity index is 2360. The maximum absolute atomic E-state index is 12.8. The standard InChI is InChI=1S/C56H64O24/c1-29-33-13-35(43(75-23-51(59)67-7)17-41(33)73-21-49(57)65-5)30(2)37-15-39(47(79-27-55(63)71-11)19-45(37)77-25-53(61)69-9)32(4)40-16-38(46(78-26-54(62)70-10)20-48(40)80-28-56(64)72-12)31(3)36-14-34(29)42(74-22-50(58)66-6)18-44(36)76-24-52(60)68-8/h13-20,29-32H,21-28H2,1-12H3. The molecule has 4 aromatic carbocycles. The molecule has 0 fully saturated rings. The summed E-state index contributed by atoms with van der Waals surface area (Å²) in [4.78, 5) is 102. The molecule has 0 heterocycles. The van der Waals surface area contributed by atoms with Gasteiger partial charge in [-0.15, -0.1) is 0 Å². The van der Waals surface area contributed by atoms with Crippen LogP contribution < -0.4 is 37.9 Å². The molecule has 0 atom stereocenters. The summed E-state index contributed by atoms with van der Waals surface area (Å²) < 4.78 is 89.0. The van der Waals surface area contributed by atoms with Crippen LogP contribution in [-0.2, 0) is 76.3 Å². The molecule has 0 aliphatic heterocycles. The van der Waals surface area contributed by atoms with E-state index in [4.69, 9.17) is 75.8 Å². The number of ether oxygens (including phenoxy) is 16. The van der Waals surface area contributed by atoms with Gasteiger partial charge in [-0.3, -0.25) is 0 Å². The van der Waals surface area contributed by atoms with E-state index in [0.29, 0.717) is 44.5 Å². The van der Waals surface area contributed by atoms with Crippen LogP contribution in [0.5, 0.6) is 46.0 Å². The lowest BCUT2D eigenvalue weighted by atomic mass is 9.80. The third kappa shape index (κ3) is 15.6. The lowest BCUT2D eigenvalue weighted by Gasteiger charge is -2.29. The minimum absolute atomic E-state index is 0.0492. The number of fused-ring (bicyclic) bond motifs is 8. The van der Waals surface area contributed by atoms with Gasteiger partial charge in [0.05, 0.1) is 56.9 Å². The number of benzene rings is 4. The van der Waals surface area contributed by atoms with E-state index < -0.39 is 124 Å². The van der Waals surface area contributed by atoms with Crippen LogP contribution in [-0.4, -0.2) is 157 Å². The first-order valence-electron chi connectivity index (χ1n) is 24.5. The van der Waals surface area contributed by atoms with E-state index in [1.807, 2.05) is 0 Å². The van der Waals surface area contributed by atoms with Gasteiger partial charge in [-0.2, -0.15) is 0 Å². The number of carbonyl (C=O) groups is 8. The second-order valence-electron chi connectivity index (χ2n) is 17.5. The monoisotopic (exact) mass is 1120 g/mol. The number of hydrogen-bond donors (Lipinski definition) is 0. The van der Waals surface area contributed by atoms with Gasteiger partial charge in [-0.05, 0) is 24.3 Å². The maximum Gasteiger partial charge on any atom is 0.343 e. The molecule has 0 unspecified atom stereocenters. The van der Waals surface area contributed by atoms with Gasteiger partial charge in [0.15, 0.2) is 52.9 Å². The summed E-state index contributed by atoms with van der Waals surface area (Å²) >= 11 is 0. The molecule has 0 spiro atoms. The van der Waals surface area contributed by atoms with E-state index in [2.05, 4.69) is 0 Å². The molecule has 24 nitrogen and oxygen atoms in total. The number of hydrogen-bond acceptors (Lipinski definition) is 24. The molecule has 4 aromatic rings. The van der Waals surface area contributed by atoms with Crippen molar-refractivity contribution in [1.82, 2.24) is 0 Å². The summed E-state index contributed by atoms with van der Waals surface area (Å²) in [5.41, 5.74) is 2.88. The summed E-state index contributed by atoms with van der Waals surface area (Å²) in [7, 11) is 9.41. The Hall–Kier alpha value is -8.96. The first-order chi connectivity index (χ1) is 38.2. The van der Waals surface area contributed by atoms with Gasteiger partial charge in [0, 0.05) is 92.4 Å². The van der Waals surface area contributed by atoms with Gasteiger partial charge < -0.3 is 75.8 Å². The highest BCUT2D eigenvalue weighted by Crippen LogP contribution is 2.51. The first kappa shape index (κ1) is 61.9. The summed E-state index contributed by atoms with van der Waals surface area (Å²) in [6, 6.07) is 12.7. The van der Waals surface area contributed by atoms with Crippen LogP contribution in [0.1, 0.15) is 95.9 Å². The summed E-state index contributed by atoms with van der Waals surface area (Å²) in [5.74, 6) is -9.15. The highest BCUT2D eigenvalue weighted by molar-refractivity contribution is 5.75. The van der Waals surface area contributed by atoms with E-state index >= 15 is 0 Å². The van der Waals surface area contributed by atoms with Crippen molar-refractivity contribution in [2.75, 3.05) is 110 Å². The van der Waals surface area contributed by atoms with Gasteiger partial charge in [-0.25, -0.2) is 38.4 Å². The van der Waals surface area contributed by atoms with Crippen LogP contribution in [0.15, 0.2) is 48.5 Å². The van der Waals surface area contributed by atoms with Crippen molar-refractivity contribution in [3.05, 3.63) is 93.0 Å². The Labute approximate surface area is 460 Å². The van der Waals surface area contributed by atoms with Crippen molar-refractivity contribution >= 4 is 47.8 Å². The molecule has 432 valence electrons. The second kappa shape index (κ2) is 29.1. The predicted octanol–water partition coefficient (Wildman–Crippen LogP) is 5.02. The van der Waals surface area contributed by atoms with Crippen molar-refractivity contribution in [2.24, 2.45) is 0 Å². The molecule has 8 bridgehead atoms. The molecule has 0 aromatic heterocycles. The second-order valence-corrected chi connectivity index (χ2v) is 17.5. The minimum Gasteiger partial charge on any atom is -0.481 e. The Balaban J connectivity index is 2.08. The minimum atomic E-state index is -0.871. The molecular formula is C56H64O24. The molecular weight excluding hydrogens is 1060 g/mol. The van der Waals surface area contributed by atoms with Crippen molar-refractivity contribution in [2.45, 2.75) is 51.4 Å². The quantitative estimate of drug-likeness (QED) is 0.0657. The van der Waals surface area contributed by atoms with E-state index in [-0.39, 0.29) is 46.0 Å². The van der Waals surface area contributed by atoms with Crippen LogP contribution in [0.2, 0.25) is 0 Å². The van der Waals surface area contributed by atoms with Crippen molar-refractivity contribution in [3.63, 3.8) is 0 Å². The van der Waals surface area contributed by atoms with Crippen molar-refractivity contribution < 1.29 is 114 Å². The highest BCUT2D eigenvalue weighted by Gasteiger charge is 2.33. The summed E-state index contributed by atoms with van der Waals surface area (Å²) in [6.07, 6.45) is 0. The Morgan fingerprint density at radius 3 is 0.450 bits per heavy atom. The van der Waals surface area contributed by atoms with Crippen LogP contribution in [0.4, 0.5) is 0 Å². The number of carbonyl (C=O) groups excluding carboxylic acids is 8. The van der Waals surface area contributed by atoms with Crippen LogP contribution in [0.3, 0.4) is 0 Å². The van der Waals surface area contributed by atoms with Crippen LogP contribution >= 0.6 is 0 Å². The molecule has 1 aliphatic carbocycles. The van der Waals surface area contributed by atoms with E-state index in [1.165, 1.54) is 81.1 Å². The summed E-state index contributed by atoms with van der Waals surface area (Å²) in [6.45, 7) is 2.23. The Morgan fingerprint density at radius 1 is 0.237 bits per heavy atom. The van der Waals surface area contributed by atoms with Crippen LogP contribution in [0.25, 0.3) is 0 Å². The van der Waals surface area contributed by atoms with Crippen molar-refractivity contribution in [1.29, 1.82) is 0 Å². The molecule has 0 amide bonds. The fraction of sp³-hybridized carbons (Fsp3) is 0.429. The first-order valence-corrected chi connectivity index (χ1v) is 24.5. The maximum atomic E-state index is 12.8. The van der Waals surface area contributed by atoms with E-state index in [1.54, 1.807) is 52.0 Å². The van der Waals surface area contributed by atoms with Gasteiger partial charge in [-0.1, -0.05) is 27.7 Å². The van der Waals surface area contributed by atoms with E-state index in [9.17, 15) is 38.4 Å². The SMILES string of the molecule is COC(=O)COc1cc(OCC(=O)OC)c2cc1C(C)c1cc(c(OCC(=O)OC)cc1OCC(=O)OC)C(C)c1cc(c(OCC(=O)OC)cc1OCC(=O)OC)C(C)c1cc(c(OCC(=O)OC)cc1OCC(=O)OC)C2C. The predicted molar refractivity (Wildman–Crippen MR) is 276 cm³/mol. The van der Waals surface area contributed by atoms with Crippen LogP contribution in [0, 0.1) is 0 Å². The third-order valence-corrected chi connectivity index (χ3v) is 12.9. The van der Waals surface area contributed by atoms with Gasteiger partial charge in [0.25, 0.3) is 0 Å². The molecule has 5 rings (SSSR count). The Morgan fingerprint density at radius 2 is 0.350 bits per heavy atom. The molecule has 80 heavy (non-hydrogen) atoms. The topological polar surface area (TPSA) is 284 Å². The smallest absolute Gasteiger partial charge is 0.343 e. The van der Waals surface area contributed by atoms with Crippen molar-refractivity contribution in [3.8, 4) is 46.0 Å². The molecule has 1 aliphatic rings. The fourth-order valence-electron chi connectivity index (χ4n) is 8.32. The molecule has 0 saturated heterocycles. The molecule has 0 saturated carbocycles. The summed E-state index contributed by atoms with van der Waals surface area (Å²) in [5, 5.41) is 0. The zero-order chi connectivity index (χ0) is 58.8. The zero-order valence-electron chi connectivity index (χ0n) is 46.4. The molecule has 0 radical (unpaired) electrons. The number of methoxy groups -OCH3 is 8. The normalized spacial score (nSPS) is 15.1. The van der Waals surface area contributed by atoms with Gasteiger partial charge >= 0.3 is 47.8 Å². The highest BCUT2D eigenvalue weighted by atomic mass is 16.6.